The van der Waals surface area contributed by atoms with E-state index in [0.717, 1.165) is 6.21 Å². The molecule has 2 nitrogen and oxygen atoms in total. The Labute approximate surface area is 49.3 Å². The first kappa shape index (κ1) is 6.38. The van der Waals surface area contributed by atoms with Crippen LogP contribution in [0.25, 0.3) is 0 Å². The van der Waals surface area contributed by atoms with Gasteiger partial charge in [0, 0.05) is 12.6 Å². The van der Waals surface area contributed by atoms with Gasteiger partial charge in [0.15, 0.2) is 0 Å². The molecule has 52 valence electrons. The molecule has 1 unspecified atom stereocenters. The molecule has 1 aliphatic rings. The van der Waals surface area contributed by atoms with Crippen molar-refractivity contribution in [2.75, 3.05) is 0 Å². The summed E-state index contributed by atoms with van der Waals surface area (Å²) in [6, 6.07) is 0. The molecule has 5 heteroatoms. The molecule has 0 fully saturated rings. The van der Waals surface area contributed by atoms with E-state index in [1.165, 1.54) is 0 Å². The van der Waals surface area contributed by atoms with E-state index in [4.69, 9.17) is 0 Å². The van der Waals surface area contributed by atoms with Gasteiger partial charge in [0.25, 0.3) is 0 Å². The average Bonchev–Trinajstić information content (AvgIpc) is 2.08. The fraction of sp³-hybridized carbons (Fsp3) is 0.750. The second-order valence-electron chi connectivity index (χ2n) is 1.66. The van der Waals surface area contributed by atoms with Crippen molar-refractivity contribution in [1.29, 1.82) is 0 Å². The molecular weight excluding hydrogens is 135 g/mol. The molecule has 0 saturated heterocycles. The fourth-order valence-electron chi connectivity index (χ4n) is 0.492. The van der Waals surface area contributed by atoms with Crippen LogP contribution in [0.1, 0.15) is 6.42 Å². The summed E-state index contributed by atoms with van der Waals surface area (Å²) in [6.07, 6.45) is -5.03. The van der Waals surface area contributed by atoms with E-state index in [1.807, 2.05) is 0 Å². The lowest BCUT2D eigenvalue weighted by molar-refractivity contribution is -0.212. The molecule has 0 spiro atoms. The minimum absolute atomic E-state index is 0.163. The highest BCUT2D eigenvalue weighted by atomic mass is 19.4. The van der Waals surface area contributed by atoms with Crippen LogP contribution in [-0.2, 0) is 4.84 Å². The summed E-state index contributed by atoms with van der Waals surface area (Å²) in [5.74, 6) is 0. The first-order valence-corrected chi connectivity index (χ1v) is 2.35. The third kappa shape index (κ3) is 1.34. The van der Waals surface area contributed by atoms with Crippen molar-refractivity contribution in [2.24, 2.45) is 5.16 Å². The van der Waals surface area contributed by atoms with Crippen LogP contribution in [0.3, 0.4) is 0 Å². The van der Waals surface area contributed by atoms with E-state index in [2.05, 4.69) is 9.99 Å². The van der Waals surface area contributed by atoms with Crippen LogP contribution in [0, 0.1) is 0 Å². The predicted molar refractivity (Wildman–Crippen MR) is 24.0 cm³/mol. The lowest BCUT2D eigenvalue weighted by Crippen LogP contribution is -2.27. The molecule has 0 N–H and O–H groups in total. The van der Waals surface area contributed by atoms with Crippen LogP contribution in [0.2, 0.25) is 0 Å². The molecule has 1 heterocycles. The fourth-order valence-corrected chi connectivity index (χ4v) is 0.492. The number of rotatable bonds is 0. The van der Waals surface area contributed by atoms with Crippen molar-refractivity contribution in [2.45, 2.75) is 18.7 Å². The van der Waals surface area contributed by atoms with Gasteiger partial charge in [-0.05, 0) is 0 Å². The summed E-state index contributed by atoms with van der Waals surface area (Å²) < 4.78 is 34.7. The van der Waals surface area contributed by atoms with Gasteiger partial charge in [-0.3, -0.25) is 0 Å². The monoisotopic (exact) mass is 139 g/mol. The third-order valence-corrected chi connectivity index (χ3v) is 0.947. The highest BCUT2D eigenvalue weighted by Gasteiger charge is 2.43. The van der Waals surface area contributed by atoms with Crippen LogP contribution in [0.15, 0.2) is 5.16 Å². The van der Waals surface area contributed by atoms with Crippen LogP contribution >= 0.6 is 0 Å². The number of oxime groups is 1. The lowest BCUT2D eigenvalue weighted by atomic mass is 10.3. The number of hydrogen-bond acceptors (Lipinski definition) is 2. The van der Waals surface area contributed by atoms with Gasteiger partial charge in [-0.2, -0.15) is 13.2 Å². The van der Waals surface area contributed by atoms with Gasteiger partial charge in [-0.1, -0.05) is 5.16 Å². The molecule has 0 bridgehead atoms. The largest absolute Gasteiger partial charge is 0.428 e. The number of nitrogens with zero attached hydrogens (tertiary/aromatic N) is 1. The van der Waals surface area contributed by atoms with Gasteiger partial charge in [-0.15, -0.1) is 0 Å². The van der Waals surface area contributed by atoms with Crippen LogP contribution < -0.4 is 0 Å². The molecule has 9 heavy (non-hydrogen) atoms. The molecule has 1 aliphatic heterocycles. The summed E-state index contributed by atoms with van der Waals surface area (Å²) in [7, 11) is 0. The summed E-state index contributed by atoms with van der Waals surface area (Å²) in [5, 5.41) is 2.99. The first-order valence-electron chi connectivity index (χ1n) is 2.35. The van der Waals surface area contributed by atoms with Crippen molar-refractivity contribution < 1.29 is 18.0 Å². The summed E-state index contributed by atoms with van der Waals surface area (Å²) in [6.45, 7) is 0. The molecule has 1 atom stereocenters. The minimum Gasteiger partial charge on any atom is -0.383 e. The quantitative estimate of drug-likeness (QED) is 0.496. The summed E-state index contributed by atoms with van der Waals surface area (Å²) in [5.41, 5.74) is 0. The maximum absolute atomic E-state index is 11.6. The molecule has 0 aromatic rings. The van der Waals surface area contributed by atoms with Gasteiger partial charge in [-0.25, -0.2) is 0 Å². The van der Waals surface area contributed by atoms with Gasteiger partial charge < -0.3 is 4.84 Å². The summed E-state index contributed by atoms with van der Waals surface area (Å²) in [4.78, 5) is 3.96. The van der Waals surface area contributed by atoms with Crippen molar-refractivity contribution in [1.82, 2.24) is 0 Å². The van der Waals surface area contributed by atoms with E-state index >= 15 is 0 Å². The smallest absolute Gasteiger partial charge is 0.383 e. The van der Waals surface area contributed by atoms with Crippen molar-refractivity contribution in [3.8, 4) is 0 Å². The van der Waals surface area contributed by atoms with E-state index in [-0.39, 0.29) is 6.42 Å². The Morgan fingerprint density at radius 2 is 2.22 bits per heavy atom. The molecule has 0 aliphatic carbocycles. The number of halogens is 3. The van der Waals surface area contributed by atoms with Crippen LogP contribution in [0.5, 0.6) is 0 Å². The van der Waals surface area contributed by atoms with Gasteiger partial charge in [0.1, 0.15) is 0 Å². The van der Waals surface area contributed by atoms with Crippen molar-refractivity contribution in [3.63, 3.8) is 0 Å². The highest BCUT2D eigenvalue weighted by molar-refractivity contribution is 5.58. The van der Waals surface area contributed by atoms with Crippen molar-refractivity contribution in [3.05, 3.63) is 0 Å². The Hall–Kier alpha value is -0.740. The highest BCUT2D eigenvalue weighted by Crippen LogP contribution is 2.26. The lowest BCUT2D eigenvalue weighted by Gasteiger charge is -2.10. The predicted octanol–water partition coefficient (Wildman–Crippen LogP) is 1.32. The SMILES string of the molecule is FC(F)(F)C1CC=NO1. The topological polar surface area (TPSA) is 21.6 Å². The zero-order valence-electron chi connectivity index (χ0n) is 4.35. The van der Waals surface area contributed by atoms with E-state index in [0.29, 0.717) is 0 Å². The summed E-state index contributed by atoms with van der Waals surface area (Å²) >= 11 is 0. The van der Waals surface area contributed by atoms with Crippen LogP contribution in [-0.4, -0.2) is 18.5 Å². The van der Waals surface area contributed by atoms with E-state index < -0.39 is 12.3 Å². The Morgan fingerprint density at radius 1 is 1.56 bits per heavy atom. The van der Waals surface area contributed by atoms with Gasteiger partial charge in [0.05, 0.1) is 0 Å². The molecule has 1 rings (SSSR count). The standard InChI is InChI=1S/C4H4F3NO/c5-4(6,7)3-1-2-8-9-3/h2-3H,1H2. The van der Waals surface area contributed by atoms with E-state index in [9.17, 15) is 13.2 Å². The second-order valence-corrected chi connectivity index (χ2v) is 1.66. The average molecular weight is 139 g/mol. The zero-order valence-corrected chi connectivity index (χ0v) is 4.35. The molecule has 0 aromatic heterocycles. The molecule has 0 radical (unpaired) electrons. The first-order chi connectivity index (χ1) is 4.11. The maximum Gasteiger partial charge on any atom is 0.428 e. The van der Waals surface area contributed by atoms with Gasteiger partial charge >= 0.3 is 6.18 Å². The zero-order chi connectivity index (χ0) is 6.91. The Morgan fingerprint density at radius 3 is 2.44 bits per heavy atom. The normalized spacial score (nSPS) is 26.3. The van der Waals surface area contributed by atoms with Gasteiger partial charge in [0.2, 0.25) is 6.10 Å². The number of alkyl halides is 3. The maximum atomic E-state index is 11.6. The van der Waals surface area contributed by atoms with E-state index in [1.54, 1.807) is 0 Å². The molecule has 0 aromatic carbocycles. The molecule has 0 amide bonds. The third-order valence-electron chi connectivity index (χ3n) is 0.947. The molecule has 0 saturated carbocycles. The number of hydrogen-bond donors (Lipinski definition) is 0. The Kier molecular flexibility index (Phi) is 1.34. The Bertz CT molecular complexity index is 122. The molecular formula is C4H4F3NO. The minimum atomic E-state index is -4.27. The van der Waals surface area contributed by atoms with Crippen LogP contribution in [0.4, 0.5) is 13.2 Å². The van der Waals surface area contributed by atoms with Crippen molar-refractivity contribution >= 4 is 6.21 Å². The Balaban J connectivity index is 2.46. The second kappa shape index (κ2) is 1.89.